The highest BCUT2D eigenvalue weighted by molar-refractivity contribution is 4.95. The Hall–Kier alpha value is -0.0800. The van der Waals surface area contributed by atoms with Gasteiger partial charge in [-0.1, -0.05) is 6.92 Å². The molecule has 2 nitrogen and oxygen atoms in total. The van der Waals surface area contributed by atoms with E-state index in [0.29, 0.717) is 17.9 Å². The van der Waals surface area contributed by atoms with E-state index in [1.165, 1.54) is 38.8 Å². The molecule has 1 unspecified atom stereocenters. The van der Waals surface area contributed by atoms with E-state index in [4.69, 9.17) is 5.11 Å². The van der Waals surface area contributed by atoms with E-state index in [-0.39, 0.29) is 0 Å². The summed E-state index contributed by atoms with van der Waals surface area (Å²) in [4.78, 5) is 2.55. The molecule has 1 aliphatic heterocycles. The standard InChI is InChI=1S/C11H21NO/c1-2-11(4-5-11)9-12-6-3-10(7-12)8-13/h10,13H,2-9H2,1H3. The van der Waals surface area contributed by atoms with Crippen LogP contribution in [0.5, 0.6) is 0 Å². The first-order valence-corrected chi connectivity index (χ1v) is 5.61. The van der Waals surface area contributed by atoms with Crippen LogP contribution in [0.15, 0.2) is 0 Å². The number of aliphatic hydroxyl groups is 1. The smallest absolute Gasteiger partial charge is 0.0471 e. The van der Waals surface area contributed by atoms with Gasteiger partial charge in [-0.05, 0) is 43.6 Å². The first-order valence-electron chi connectivity index (χ1n) is 5.61. The monoisotopic (exact) mass is 183 g/mol. The largest absolute Gasteiger partial charge is 0.396 e. The van der Waals surface area contributed by atoms with Gasteiger partial charge >= 0.3 is 0 Å². The highest BCUT2D eigenvalue weighted by Crippen LogP contribution is 2.49. The third-order valence-corrected chi connectivity index (χ3v) is 3.89. The Morgan fingerprint density at radius 3 is 2.69 bits per heavy atom. The molecular formula is C11H21NO. The Kier molecular flexibility index (Phi) is 2.61. The summed E-state index contributed by atoms with van der Waals surface area (Å²) in [6, 6.07) is 0. The molecule has 1 N–H and O–H groups in total. The molecule has 0 aromatic carbocycles. The minimum Gasteiger partial charge on any atom is -0.396 e. The predicted octanol–water partition coefficient (Wildman–Crippen LogP) is 1.49. The maximum Gasteiger partial charge on any atom is 0.0471 e. The zero-order valence-electron chi connectivity index (χ0n) is 8.63. The van der Waals surface area contributed by atoms with Gasteiger partial charge in [0.25, 0.3) is 0 Å². The lowest BCUT2D eigenvalue weighted by Crippen LogP contribution is -2.28. The Balaban J connectivity index is 1.77. The lowest BCUT2D eigenvalue weighted by Gasteiger charge is -2.21. The van der Waals surface area contributed by atoms with Gasteiger partial charge in [-0.3, -0.25) is 0 Å². The molecule has 76 valence electrons. The van der Waals surface area contributed by atoms with E-state index in [2.05, 4.69) is 11.8 Å². The number of aliphatic hydroxyl groups excluding tert-OH is 1. The van der Waals surface area contributed by atoms with Crippen LogP contribution in [0.25, 0.3) is 0 Å². The van der Waals surface area contributed by atoms with Gasteiger partial charge in [0.05, 0.1) is 0 Å². The maximum absolute atomic E-state index is 9.03. The van der Waals surface area contributed by atoms with Crippen LogP contribution >= 0.6 is 0 Å². The summed E-state index contributed by atoms with van der Waals surface area (Å²) in [5.41, 5.74) is 0.685. The molecule has 2 heteroatoms. The average Bonchev–Trinajstić information content (AvgIpc) is 2.77. The van der Waals surface area contributed by atoms with Crippen LogP contribution in [0.1, 0.15) is 32.6 Å². The summed E-state index contributed by atoms with van der Waals surface area (Å²) in [6.45, 7) is 6.34. The molecule has 0 radical (unpaired) electrons. The highest BCUT2D eigenvalue weighted by atomic mass is 16.3. The molecular weight excluding hydrogens is 162 g/mol. The van der Waals surface area contributed by atoms with Crippen LogP contribution in [0.2, 0.25) is 0 Å². The fraction of sp³-hybridized carbons (Fsp3) is 1.00. The number of nitrogens with zero attached hydrogens (tertiary/aromatic N) is 1. The first kappa shape index (κ1) is 9.47. The van der Waals surface area contributed by atoms with Crippen LogP contribution in [0.4, 0.5) is 0 Å². The van der Waals surface area contributed by atoms with Crippen LogP contribution < -0.4 is 0 Å². The van der Waals surface area contributed by atoms with Gasteiger partial charge in [-0.25, -0.2) is 0 Å². The lowest BCUT2D eigenvalue weighted by molar-refractivity contribution is 0.207. The normalized spacial score (nSPS) is 32.3. The third-order valence-electron chi connectivity index (χ3n) is 3.89. The van der Waals surface area contributed by atoms with Crippen molar-refractivity contribution in [1.82, 2.24) is 4.90 Å². The van der Waals surface area contributed by atoms with Crippen molar-refractivity contribution in [1.29, 1.82) is 0 Å². The van der Waals surface area contributed by atoms with E-state index >= 15 is 0 Å². The highest BCUT2D eigenvalue weighted by Gasteiger charge is 2.42. The first-order chi connectivity index (χ1) is 6.28. The maximum atomic E-state index is 9.03. The Bertz CT molecular complexity index is 177. The molecule has 13 heavy (non-hydrogen) atoms. The zero-order valence-corrected chi connectivity index (χ0v) is 8.63. The van der Waals surface area contributed by atoms with Gasteiger partial charge in [-0.2, -0.15) is 0 Å². The van der Waals surface area contributed by atoms with Crippen LogP contribution in [-0.4, -0.2) is 36.2 Å². The summed E-state index contributed by atoms with van der Waals surface area (Å²) < 4.78 is 0. The molecule has 1 saturated heterocycles. The van der Waals surface area contributed by atoms with Crippen molar-refractivity contribution in [3.8, 4) is 0 Å². The second-order valence-electron chi connectivity index (χ2n) is 4.93. The third kappa shape index (κ3) is 2.05. The quantitative estimate of drug-likeness (QED) is 0.714. The van der Waals surface area contributed by atoms with Crippen molar-refractivity contribution >= 4 is 0 Å². The van der Waals surface area contributed by atoms with Crippen molar-refractivity contribution in [3.63, 3.8) is 0 Å². The summed E-state index contributed by atoms with van der Waals surface area (Å²) in [7, 11) is 0. The summed E-state index contributed by atoms with van der Waals surface area (Å²) in [5, 5.41) is 9.03. The van der Waals surface area contributed by atoms with Crippen LogP contribution in [-0.2, 0) is 0 Å². The van der Waals surface area contributed by atoms with E-state index in [1.54, 1.807) is 0 Å². The minimum atomic E-state index is 0.385. The van der Waals surface area contributed by atoms with Crippen molar-refractivity contribution < 1.29 is 5.11 Å². The number of hydrogen-bond donors (Lipinski definition) is 1. The van der Waals surface area contributed by atoms with E-state index in [0.717, 1.165) is 6.54 Å². The molecule has 0 aromatic heterocycles. The van der Waals surface area contributed by atoms with Crippen molar-refractivity contribution in [2.24, 2.45) is 11.3 Å². The SMILES string of the molecule is CCC1(CN2CCC(CO)C2)CC1. The van der Waals surface area contributed by atoms with E-state index in [1.807, 2.05) is 0 Å². The lowest BCUT2D eigenvalue weighted by atomic mass is 10.0. The van der Waals surface area contributed by atoms with Gasteiger partial charge < -0.3 is 10.0 Å². The van der Waals surface area contributed by atoms with Gasteiger partial charge in [0.15, 0.2) is 0 Å². The van der Waals surface area contributed by atoms with Crippen molar-refractivity contribution in [2.75, 3.05) is 26.2 Å². The van der Waals surface area contributed by atoms with Crippen molar-refractivity contribution in [3.05, 3.63) is 0 Å². The molecule has 2 fully saturated rings. The van der Waals surface area contributed by atoms with Crippen LogP contribution in [0.3, 0.4) is 0 Å². The molecule has 0 aromatic rings. The summed E-state index contributed by atoms with van der Waals surface area (Å²) in [6.07, 6.45) is 5.41. The Labute approximate surface area is 80.9 Å². The molecule has 1 saturated carbocycles. The summed E-state index contributed by atoms with van der Waals surface area (Å²) in [5.74, 6) is 0.563. The van der Waals surface area contributed by atoms with Crippen LogP contribution in [0, 0.1) is 11.3 Å². The summed E-state index contributed by atoms with van der Waals surface area (Å²) >= 11 is 0. The molecule has 1 heterocycles. The predicted molar refractivity (Wildman–Crippen MR) is 53.6 cm³/mol. The van der Waals surface area contributed by atoms with Crippen molar-refractivity contribution in [2.45, 2.75) is 32.6 Å². The molecule has 0 bridgehead atoms. The topological polar surface area (TPSA) is 23.5 Å². The average molecular weight is 183 g/mol. The number of likely N-dealkylation sites (tertiary alicyclic amines) is 1. The fourth-order valence-corrected chi connectivity index (χ4v) is 2.48. The number of hydrogen-bond acceptors (Lipinski definition) is 2. The number of rotatable bonds is 4. The molecule has 0 amide bonds. The molecule has 0 spiro atoms. The molecule has 1 aliphatic carbocycles. The molecule has 1 atom stereocenters. The molecule has 2 aliphatic rings. The second kappa shape index (κ2) is 3.58. The zero-order chi connectivity index (χ0) is 9.31. The molecule has 2 rings (SSSR count). The fourth-order valence-electron chi connectivity index (χ4n) is 2.48. The van der Waals surface area contributed by atoms with Gasteiger partial charge in [0.2, 0.25) is 0 Å². The Morgan fingerprint density at radius 1 is 1.46 bits per heavy atom. The van der Waals surface area contributed by atoms with Gasteiger partial charge in [0, 0.05) is 19.7 Å². The van der Waals surface area contributed by atoms with Gasteiger partial charge in [-0.15, -0.1) is 0 Å². The Morgan fingerprint density at radius 2 is 2.23 bits per heavy atom. The van der Waals surface area contributed by atoms with E-state index in [9.17, 15) is 0 Å². The van der Waals surface area contributed by atoms with Gasteiger partial charge in [0.1, 0.15) is 0 Å². The second-order valence-corrected chi connectivity index (χ2v) is 4.93. The minimum absolute atomic E-state index is 0.385. The van der Waals surface area contributed by atoms with E-state index < -0.39 is 0 Å².